The Morgan fingerprint density at radius 2 is 2.15 bits per heavy atom. The summed E-state index contributed by atoms with van der Waals surface area (Å²) in [4.78, 5) is 13.7. The van der Waals surface area contributed by atoms with E-state index in [1.54, 1.807) is 0 Å². The van der Waals surface area contributed by atoms with E-state index in [0.29, 0.717) is 25.3 Å². The minimum absolute atomic E-state index is 0.133. The quantitative estimate of drug-likeness (QED) is 0.497. The molecule has 0 aromatic carbocycles. The standard InChI is InChI=1S/C13H25BN2O4/c17-13(18)12-9-16(11-4-2-6-15-7-11)8-10(12)3-1-5-14(19)20/h10-12,15,19-20H,1-9H2,(H,17,18). The number of rotatable bonds is 6. The lowest BCUT2D eigenvalue weighted by molar-refractivity contribution is -0.142. The third-order valence-electron chi connectivity index (χ3n) is 4.61. The van der Waals surface area contributed by atoms with Gasteiger partial charge in [-0.25, -0.2) is 0 Å². The fourth-order valence-corrected chi connectivity index (χ4v) is 3.48. The topological polar surface area (TPSA) is 93.0 Å². The molecule has 20 heavy (non-hydrogen) atoms. The molecule has 2 fully saturated rings. The number of hydrogen-bond acceptors (Lipinski definition) is 5. The molecule has 0 bridgehead atoms. The highest BCUT2D eigenvalue weighted by atomic mass is 16.4. The largest absolute Gasteiger partial charge is 0.481 e. The van der Waals surface area contributed by atoms with Gasteiger partial charge >= 0.3 is 13.1 Å². The summed E-state index contributed by atoms with van der Waals surface area (Å²) in [6.45, 7) is 3.47. The van der Waals surface area contributed by atoms with Gasteiger partial charge in [0.05, 0.1) is 5.92 Å². The Morgan fingerprint density at radius 1 is 1.35 bits per heavy atom. The molecule has 0 aromatic rings. The first kappa shape index (κ1) is 15.8. The second kappa shape index (κ2) is 7.40. The zero-order valence-corrected chi connectivity index (χ0v) is 11.9. The van der Waals surface area contributed by atoms with Crippen molar-refractivity contribution in [2.45, 2.75) is 38.0 Å². The molecule has 2 rings (SSSR count). The van der Waals surface area contributed by atoms with Crippen LogP contribution in [0.4, 0.5) is 0 Å². The second-order valence-corrected chi connectivity index (χ2v) is 6.07. The van der Waals surface area contributed by atoms with Gasteiger partial charge in [-0.3, -0.25) is 9.69 Å². The maximum atomic E-state index is 11.4. The predicted molar refractivity (Wildman–Crippen MR) is 76.3 cm³/mol. The average Bonchev–Trinajstić information content (AvgIpc) is 2.84. The number of piperidine rings is 1. The average molecular weight is 284 g/mol. The number of carboxylic acids is 1. The Labute approximate surface area is 120 Å². The van der Waals surface area contributed by atoms with E-state index in [1.807, 2.05) is 0 Å². The van der Waals surface area contributed by atoms with Gasteiger partial charge in [0.1, 0.15) is 0 Å². The molecule has 2 saturated heterocycles. The predicted octanol–water partition coefficient (Wildman–Crippen LogP) is -0.376. The van der Waals surface area contributed by atoms with Gasteiger partial charge in [-0.2, -0.15) is 0 Å². The fourth-order valence-electron chi connectivity index (χ4n) is 3.48. The van der Waals surface area contributed by atoms with E-state index in [-0.39, 0.29) is 11.8 Å². The highest BCUT2D eigenvalue weighted by molar-refractivity contribution is 6.40. The summed E-state index contributed by atoms with van der Waals surface area (Å²) in [6, 6.07) is 0.457. The summed E-state index contributed by atoms with van der Waals surface area (Å²) < 4.78 is 0. The van der Waals surface area contributed by atoms with Crippen LogP contribution in [0.5, 0.6) is 0 Å². The first-order chi connectivity index (χ1) is 9.58. The number of likely N-dealkylation sites (tertiary alicyclic amines) is 1. The molecule has 3 atom stereocenters. The molecule has 0 amide bonds. The van der Waals surface area contributed by atoms with Crippen LogP contribution in [0, 0.1) is 11.8 Å². The van der Waals surface area contributed by atoms with Crippen molar-refractivity contribution >= 4 is 13.1 Å². The van der Waals surface area contributed by atoms with Gasteiger partial charge in [-0.05, 0) is 38.0 Å². The van der Waals surface area contributed by atoms with Crippen LogP contribution in [0.1, 0.15) is 25.7 Å². The summed E-state index contributed by atoms with van der Waals surface area (Å²) in [5, 5.41) is 30.5. The van der Waals surface area contributed by atoms with Gasteiger partial charge in [-0.1, -0.05) is 6.42 Å². The highest BCUT2D eigenvalue weighted by Crippen LogP contribution is 2.31. The number of aliphatic carboxylic acids is 1. The van der Waals surface area contributed by atoms with E-state index in [9.17, 15) is 9.90 Å². The van der Waals surface area contributed by atoms with E-state index in [2.05, 4.69) is 10.2 Å². The van der Waals surface area contributed by atoms with Gasteiger partial charge < -0.3 is 20.5 Å². The van der Waals surface area contributed by atoms with Crippen LogP contribution in [0.2, 0.25) is 6.32 Å². The number of carboxylic acid groups (broad SMARTS) is 1. The summed E-state index contributed by atoms with van der Waals surface area (Å²) in [7, 11) is -1.28. The molecule has 2 aliphatic heterocycles. The van der Waals surface area contributed by atoms with Crippen LogP contribution < -0.4 is 5.32 Å². The Kier molecular flexibility index (Phi) is 5.83. The number of nitrogens with zero attached hydrogens (tertiary/aromatic N) is 1. The van der Waals surface area contributed by atoms with Crippen LogP contribution in [-0.4, -0.2) is 65.4 Å². The zero-order chi connectivity index (χ0) is 14.5. The van der Waals surface area contributed by atoms with Gasteiger partial charge in [0.25, 0.3) is 0 Å². The molecule has 0 aliphatic carbocycles. The first-order valence-corrected chi connectivity index (χ1v) is 7.61. The third-order valence-corrected chi connectivity index (χ3v) is 4.61. The van der Waals surface area contributed by atoms with Gasteiger partial charge in [0.15, 0.2) is 0 Å². The van der Waals surface area contributed by atoms with Crippen molar-refractivity contribution in [2.75, 3.05) is 26.2 Å². The normalized spacial score (nSPS) is 31.4. The Bertz CT molecular complexity index is 323. The monoisotopic (exact) mass is 284 g/mol. The van der Waals surface area contributed by atoms with Crippen molar-refractivity contribution in [2.24, 2.45) is 11.8 Å². The van der Waals surface area contributed by atoms with Crippen LogP contribution in [0.25, 0.3) is 0 Å². The summed E-state index contributed by atoms with van der Waals surface area (Å²) in [5.74, 6) is -0.897. The molecule has 4 N–H and O–H groups in total. The molecule has 0 spiro atoms. The van der Waals surface area contributed by atoms with Crippen LogP contribution in [0.15, 0.2) is 0 Å². The van der Waals surface area contributed by atoms with Crippen molar-refractivity contribution in [3.63, 3.8) is 0 Å². The molecule has 2 aliphatic rings. The van der Waals surface area contributed by atoms with E-state index < -0.39 is 13.1 Å². The first-order valence-electron chi connectivity index (χ1n) is 7.61. The van der Waals surface area contributed by atoms with E-state index in [1.165, 1.54) is 0 Å². The Morgan fingerprint density at radius 3 is 2.75 bits per heavy atom. The molecule has 3 unspecified atom stereocenters. The Balaban J connectivity index is 1.87. The summed E-state index contributed by atoms with van der Waals surface area (Å²) in [6.07, 6.45) is 4.05. The minimum atomic E-state index is -1.28. The van der Waals surface area contributed by atoms with Gasteiger partial charge in [0.2, 0.25) is 0 Å². The van der Waals surface area contributed by atoms with E-state index in [4.69, 9.17) is 10.0 Å². The molecule has 2 heterocycles. The lowest BCUT2D eigenvalue weighted by Gasteiger charge is -2.31. The summed E-state index contributed by atoms with van der Waals surface area (Å²) >= 11 is 0. The molecule has 7 heteroatoms. The molecule has 6 nitrogen and oxygen atoms in total. The van der Waals surface area contributed by atoms with Crippen LogP contribution in [-0.2, 0) is 4.79 Å². The highest BCUT2D eigenvalue weighted by Gasteiger charge is 2.39. The number of nitrogens with one attached hydrogen (secondary N) is 1. The SMILES string of the molecule is O=C(O)C1CN(C2CCCNC2)CC1CCCB(O)O. The van der Waals surface area contributed by atoms with Crippen LogP contribution >= 0.6 is 0 Å². The maximum Gasteiger partial charge on any atom is 0.451 e. The third kappa shape index (κ3) is 4.18. The van der Waals surface area contributed by atoms with Crippen LogP contribution in [0.3, 0.4) is 0 Å². The van der Waals surface area contributed by atoms with Crippen molar-refractivity contribution < 1.29 is 19.9 Å². The van der Waals surface area contributed by atoms with Crippen molar-refractivity contribution in [1.29, 1.82) is 0 Å². The molecule has 0 saturated carbocycles. The molecular formula is C13H25BN2O4. The zero-order valence-electron chi connectivity index (χ0n) is 11.9. The van der Waals surface area contributed by atoms with Gasteiger partial charge in [-0.15, -0.1) is 0 Å². The minimum Gasteiger partial charge on any atom is -0.481 e. The smallest absolute Gasteiger partial charge is 0.451 e. The fraction of sp³-hybridized carbons (Fsp3) is 0.923. The second-order valence-electron chi connectivity index (χ2n) is 6.07. The van der Waals surface area contributed by atoms with Crippen molar-refractivity contribution in [3.8, 4) is 0 Å². The Hall–Kier alpha value is -0.625. The molecule has 0 aromatic heterocycles. The lowest BCUT2D eigenvalue weighted by Crippen LogP contribution is -2.45. The molecule has 0 radical (unpaired) electrons. The lowest BCUT2D eigenvalue weighted by atomic mass is 9.80. The van der Waals surface area contributed by atoms with Crippen molar-refractivity contribution in [1.82, 2.24) is 10.2 Å². The number of hydrogen-bond donors (Lipinski definition) is 4. The molecular weight excluding hydrogens is 259 g/mol. The van der Waals surface area contributed by atoms with Crippen molar-refractivity contribution in [3.05, 3.63) is 0 Å². The van der Waals surface area contributed by atoms with Gasteiger partial charge in [0, 0.05) is 25.7 Å². The maximum absolute atomic E-state index is 11.4. The van der Waals surface area contributed by atoms with E-state index >= 15 is 0 Å². The number of carbonyl (C=O) groups is 1. The van der Waals surface area contributed by atoms with E-state index in [0.717, 1.165) is 38.9 Å². The summed E-state index contributed by atoms with van der Waals surface area (Å²) in [5.41, 5.74) is 0. The molecule has 114 valence electrons.